The van der Waals surface area contributed by atoms with Crippen molar-refractivity contribution in [2.24, 2.45) is 18.7 Å². The first-order valence-corrected chi connectivity index (χ1v) is 9.16. The predicted molar refractivity (Wildman–Crippen MR) is 107 cm³/mol. The second-order valence-electron chi connectivity index (χ2n) is 7.30. The molecule has 1 amide bonds. The summed E-state index contributed by atoms with van der Waals surface area (Å²) in [6.45, 7) is 6.61. The highest BCUT2D eigenvalue weighted by Gasteiger charge is 2.17. The van der Waals surface area contributed by atoms with Gasteiger partial charge in [0, 0.05) is 24.7 Å². The summed E-state index contributed by atoms with van der Waals surface area (Å²) in [5, 5.41) is 2.09. The molecule has 0 aliphatic heterocycles. The summed E-state index contributed by atoms with van der Waals surface area (Å²) in [4.78, 5) is 29.1. The maximum Gasteiger partial charge on any atom is 0.260 e. The highest BCUT2D eigenvalue weighted by molar-refractivity contribution is 6.10. The zero-order valence-corrected chi connectivity index (χ0v) is 16.2. The second kappa shape index (κ2) is 7.39. The topological polar surface area (TPSA) is 87.2 Å². The van der Waals surface area contributed by atoms with Crippen LogP contribution in [0.5, 0.6) is 5.75 Å². The number of primary amides is 1. The molecule has 0 fully saturated rings. The van der Waals surface area contributed by atoms with Gasteiger partial charge in [0.1, 0.15) is 5.75 Å². The Morgan fingerprint density at radius 3 is 2.70 bits per heavy atom. The first-order valence-electron chi connectivity index (χ1n) is 9.16. The van der Waals surface area contributed by atoms with Crippen molar-refractivity contribution >= 4 is 27.6 Å². The third-order valence-corrected chi connectivity index (χ3v) is 4.86. The lowest BCUT2D eigenvalue weighted by Gasteiger charge is -2.15. The number of carbonyl (C=O) groups is 1. The molecule has 2 N–H and O–H groups in total. The lowest BCUT2D eigenvalue weighted by atomic mass is 10.0. The summed E-state index contributed by atoms with van der Waals surface area (Å²) in [5.74, 6) is 0.451. The van der Waals surface area contributed by atoms with Gasteiger partial charge in [0.2, 0.25) is 0 Å². The molecular formula is C21H25N3O3. The van der Waals surface area contributed by atoms with E-state index in [1.165, 1.54) is 0 Å². The molecule has 6 nitrogen and oxygen atoms in total. The SMILES string of the molecule is Cc1nccc2c1c(=O)n(C)c1cc(OCCCC(C)C)c(C(N)=O)cc21. The molecule has 0 spiro atoms. The van der Waals surface area contributed by atoms with Crippen molar-refractivity contribution in [2.75, 3.05) is 6.61 Å². The molecule has 0 atom stereocenters. The Labute approximate surface area is 158 Å². The molecule has 0 saturated heterocycles. The average molecular weight is 367 g/mol. The minimum absolute atomic E-state index is 0.124. The van der Waals surface area contributed by atoms with Crippen molar-refractivity contribution in [2.45, 2.75) is 33.6 Å². The van der Waals surface area contributed by atoms with Gasteiger partial charge in [-0.2, -0.15) is 0 Å². The third kappa shape index (κ3) is 3.52. The Morgan fingerprint density at radius 2 is 2.04 bits per heavy atom. The quantitative estimate of drug-likeness (QED) is 0.535. The number of nitrogens with two attached hydrogens (primary N) is 1. The van der Waals surface area contributed by atoms with E-state index >= 15 is 0 Å². The maximum atomic E-state index is 12.8. The molecule has 3 aromatic rings. The number of aromatic nitrogens is 2. The van der Waals surface area contributed by atoms with Gasteiger partial charge < -0.3 is 15.0 Å². The normalized spacial score (nSPS) is 11.4. The van der Waals surface area contributed by atoms with E-state index < -0.39 is 5.91 Å². The van der Waals surface area contributed by atoms with Crippen LogP contribution in [-0.4, -0.2) is 22.1 Å². The largest absolute Gasteiger partial charge is 0.493 e. The van der Waals surface area contributed by atoms with Gasteiger partial charge in [-0.15, -0.1) is 0 Å². The van der Waals surface area contributed by atoms with Gasteiger partial charge in [-0.1, -0.05) is 13.8 Å². The molecule has 0 aliphatic rings. The molecule has 0 radical (unpaired) electrons. The average Bonchev–Trinajstić information content (AvgIpc) is 2.62. The molecule has 6 heteroatoms. The van der Waals surface area contributed by atoms with Crippen LogP contribution in [0.1, 0.15) is 42.7 Å². The predicted octanol–water partition coefficient (Wildman–Crippen LogP) is 3.31. The lowest BCUT2D eigenvalue weighted by molar-refractivity contribution is 0.0996. The van der Waals surface area contributed by atoms with E-state index in [1.54, 1.807) is 42.9 Å². The van der Waals surface area contributed by atoms with Crippen molar-refractivity contribution in [3.05, 3.63) is 46.0 Å². The summed E-state index contributed by atoms with van der Waals surface area (Å²) >= 11 is 0. The number of pyridine rings is 2. The monoisotopic (exact) mass is 367 g/mol. The number of amides is 1. The molecule has 142 valence electrons. The van der Waals surface area contributed by atoms with Crippen molar-refractivity contribution < 1.29 is 9.53 Å². The van der Waals surface area contributed by atoms with Crippen molar-refractivity contribution in [3.63, 3.8) is 0 Å². The molecule has 3 rings (SSSR count). The van der Waals surface area contributed by atoms with Gasteiger partial charge in [0.25, 0.3) is 11.5 Å². The van der Waals surface area contributed by atoms with Crippen molar-refractivity contribution in [1.29, 1.82) is 0 Å². The molecule has 0 saturated carbocycles. The Bertz CT molecular complexity index is 1080. The van der Waals surface area contributed by atoms with Crippen molar-refractivity contribution in [3.8, 4) is 5.75 Å². The van der Waals surface area contributed by atoms with Crippen LogP contribution < -0.4 is 16.0 Å². The first-order chi connectivity index (χ1) is 12.8. The summed E-state index contributed by atoms with van der Waals surface area (Å²) in [6.07, 6.45) is 3.58. The molecule has 2 aromatic heterocycles. The van der Waals surface area contributed by atoms with Crippen LogP contribution in [-0.2, 0) is 7.05 Å². The van der Waals surface area contributed by atoms with Crippen molar-refractivity contribution in [1.82, 2.24) is 9.55 Å². The molecule has 0 aliphatic carbocycles. The molecule has 2 heterocycles. The number of hydrogen-bond donors (Lipinski definition) is 1. The first kappa shape index (κ1) is 18.9. The highest BCUT2D eigenvalue weighted by Crippen LogP contribution is 2.30. The number of aryl methyl sites for hydroxylation is 2. The lowest BCUT2D eigenvalue weighted by Crippen LogP contribution is -2.20. The fraction of sp³-hybridized carbons (Fsp3) is 0.381. The van der Waals surface area contributed by atoms with Crippen LogP contribution in [0.4, 0.5) is 0 Å². The number of benzene rings is 1. The summed E-state index contributed by atoms with van der Waals surface area (Å²) in [7, 11) is 1.71. The van der Waals surface area contributed by atoms with Crippen LogP contribution >= 0.6 is 0 Å². The number of hydrogen-bond acceptors (Lipinski definition) is 4. The third-order valence-electron chi connectivity index (χ3n) is 4.86. The van der Waals surface area contributed by atoms with E-state index in [9.17, 15) is 9.59 Å². The maximum absolute atomic E-state index is 12.8. The number of nitrogens with zero attached hydrogens (tertiary/aromatic N) is 2. The van der Waals surface area contributed by atoms with E-state index in [1.807, 2.05) is 0 Å². The number of ether oxygens (including phenoxy) is 1. The van der Waals surface area contributed by atoms with E-state index in [2.05, 4.69) is 18.8 Å². The molecule has 1 aromatic carbocycles. The van der Waals surface area contributed by atoms with Crippen LogP contribution in [0.15, 0.2) is 29.2 Å². The fourth-order valence-corrected chi connectivity index (χ4v) is 3.39. The standard InChI is InChI=1S/C21H25N3O3/c1-12(2)6-5-9-27-18-11-17-15(10-16(18)20(22)25)14-7-8-23-13(3)19(14)21(26)24(17)4/h7-8,10-12H,5-6,9H2,1-4H3,(H2,22,25). The minimum atomic E-state index is -0.552. The zero-order valence-electron chi connectivity index (χ0n) is 16.2. The summed E-state index contributed by atoms with van der Waals surface area (Å²) in [6, 6.07) is 5.25. The minimum Gasteiger partial charge on any atom is -0.493 e. The number of rotatable bonds is 6. The Balaban J connectivity index is 2.20. The van der Waals surface area contributed by atoms with Gasteiger partial charge in [0.15, 0.2) is 0 Å². The number of fused-ring (bicyclic) bond motifs is 3. The van der Waals surface area contributed by atoms with Gasteiger partial charge in [0.05, 0.1) is 28.8 Å². The van der Waals surface area contributed by atoms with E-state index in [4.69, 9.17) is 10.5 Å². The van der Waals surface area contributed by atoms with Crippen LogP contribution in [0, 0.1) is 12.8 Å². The molecule has 27 heavy (non-hydrogen) atoms. The highest BCUT2D eigenvalue weighted by atomic mass is 16.5. The van der Waals surface area contributed by atoms with E-state index in [0.29, 0.717) is 40.4 Å². The smallest absolute Gasteiger partial charge is 0.260 e. The van der Waals surface area contributed by atoms with Crippen LogP contribution in [0.2, 0.25) is 0 Å². The summed E-state index contributed by atoms with van der Waals surface area (Å²) in [5.41, 5.74) is 7.15. The van der Waals surface area contributed by atoms with E-state index in [0.717, 1.165) is 23.6 Å². The molecule has 0 bridgehead atoms. The fourth-order valence-electron chi connectivity index (χ4n) is 3.39. The van der Waals surface area contributed by atoms with Gasteiger partial charge in [-0.25, -0.2) is 0 Å². The zero-order chi connectivity index (χ0) is 19.7. The van der Waals surface area contributed by atoms with Crippen LogP contribution in [0.25, 0.3) is 21.7 Å². The van der Waals surface area contributed by atoms with Crippen LogP contribution in [0.3, 0.4) is 0 Å². The van der Waals surface area contributed by atoms with Gasteiger partial charge >= 0.3 is 0 Å². The molecular weight excluding hydrogens is 342 g/mol. The Morgan fingerprint density at radius 1 is 1.30 bits per heavy atom. The Kier molecular flexibility index (Phi) is 5.17. The Hall–Kier alpha value is -2.89. The number of carbonyl (C=O) groups excluding carboxylic acids is 1. The second-order valence-corrected chi connectivity index (χ2v) is 7.30. The van der Waals surface area contributed by atoms with Gasteiger partial charge in [-0.3, -0.25) is 14.6 Å². The van der Waals surface area contributed by atoms with E-state index in [-0.39, 0.29) is 5.56 Å². The molecule has 0 unspecified atom stereocenters. The summed E-state index contributed by atoms with van der Waals surface area (Å²) < 4.78 is 7.43. The van der Waals surface area contributed by atoms with Gasteiger partial charge in [-0.05, 0) is 43.2 Å².